The molecule has 0 bridgehead atoms. The summed E-state index contributed by atoms with van der Waals surface area (Å²) >= 11 is 3.45. The van der Waals surface area contributed by atoms with Crippen LogP contribution >= 0.6 is 15.9 Å². The van der Waals surface area contributed by atoms with Gasteiger partial charge in [0.25, 0.3) is 0 Å². The fourth-order valence-corrected chi connectivity index (χ4v) is 3.35. The molecule has 0 unspecified atom stereocenters. The molecule has 2 N–H and O–H groups in total. The second-order valence-electron chi connectivity index (χ2n) is 6.04. The first-order chi connectivity index (χ1) is 13.7. The molecular weight excluding hydrogens is 428 g/mol. The monoisotopic (exact) mass is 454 g/mol. The molecule has 1 atom stereocenters. The maximum Gasteiger partial charge on any atom is 0.129 e. The molecule has 0 aromatic heterocycles. The highest BCUT2D eigenvalue weighted by Gasteiger charge is 2.15. The van der Waals surface area contributed by atoms with E-state index >= 15 is 0 Å². The van der Waals surface area contributed by atoms with Crippen LogP contribution in [0.2, 0.25) is 0 Å². The minimum Gasteiger partial charge on any atom is -0.496 e. The molecule has 0 fully saturated rings. The average Bonchev–Trinajstić information content (AvgIpc) is 2.72. The summed E-state index contributed by atoms with van der Waals surface area (Å²) in [7, 11) is 1.58. The number of halogens is 1. The van der Waals surface area contributed by atoms with Gasteiger partial charge < -0.3 is 29.2 Å². The van der Waals surface area contributed by atoms with Crippen molar-refractivity contribution in [1.82, 2.24) is 0 Å². The van der Waals surface area contributed by atoms with Crippen LogP contribution in [-0.4, -0.2) is 50.4 Å². The van der Waals surface area contributed by atoms with Gasteiger partial charge in [0.05, 0.1) is 53.4 Å². The lowest BCUT2D eigenvalue weighted by Gasteiger charge is -2.20. The molecule has 0 aliphatic heterocycles. The predicted octanol–water partition coefficient (Wildman–Crippen LogP) is 3.23. The number of methoxy groups -OCH3 is 1. The van der Waals surface area contributed by atoms with Gasteiger partial charge in [-0.25, -0.2) is 0 Å². The molecule has 7 heteroatoms. The van der Waals surface area contributed by atoms with Gasteiger partial charge in [0.15, 0.2) is 0 Å². The normalized spacial score (nSPS) is 12.1. The molecule has 0 aliphatic carbocycles. The van der Waals surface area contributed by atoms with E-state index in [1.807, 2.05) is 42.5 Å². The van der Waals surface area contributed by atoms with Crippen molar-refractivity contribution in [2.45, 2.75) is 19.3 Å². The van der Waals surface area contributed by atoms with Crippen molar-refractivity contribution in [3.05, 3.63) is 63.6 Å². The van der Waals surface area contributed by atoms with Crippen LogP contribution in [0.5, 0.6) is 5.75 Å². The number of hydrogen-bond acceptors (Lipinski definition) is 6. The van der Waals surface area contributed by atoms with E-state index in [-0.39, 0.29) is 19.3 Å². The summed E-state index contributed by atoms with van der Waals surface area (Å²) in [6.07, 6.45) is -0.241. The third-order valence-electron chi connectivity index (χ3n) is 4.06. The smallest absolute Gasteiger partial charge is 0.129 e. The Kier molecular flexibility index (Phi) is 10.5. The van der Waals surface area contributed by atoms with E-state index in [4.69, 9.17) is 24.1 Å². The standard InChI is InChI=1S/C21H27BrO6/c1-25-21-17(13-24)11-19(22)12-18(21)14-27-15-20(16-5-3-2-4-6-16)28-10-9-26-8-7-23/h2-6,11-12,20,23-24H,7-10,13-15H2,1H3/t20-/m1/s1. The first-order valence-corrected chi connectivity index (χ1v) is 9.88. The second-order valence-corrected chi connectivity index (χ2v) is 6.95. The molecule has 0 amide bonds. The van der Waals surface area contributed by atoms with Crippen LogP contribution in [0.25, 0.3) is 0 Å². The van der Waals surface area contributed by atoms with Crippen LogP contribution in [0.4, 0.5) is 0 Å². The van der Waals surface area contributed by atoms with Crippen molar-refractivity contribution in [3.63, 3.8) is 0 Å². The third-order valence-corrected chi connectivity index (χ3v) is 4.52. The van der Waals surface area contributed by atoms with E-state index in [9.17, 15) is 5.11 Å². The van der Waals surface area contributed by atoms with Crippen molar-refractivity contribution < 1.29 is 29.2 Å². The highest BCUT2D eigenvalue weighted by atomic mass is 79.9. The first kappa shape index (κ1) is 22.8. The van der Waals surface area contributed by atoms with Crippen LogP contribution < -0.4 is 4.74 Å². The van der Waals surface area contributed by atoms with Gasteiger partial charge in [0.1, 0.15) is 11.9 Å². The van der Waals surface area contributed by atoms with Gasteiger partial charge in [-0.3, -0.25) is 0 Å². The van der Waals surface area contributed by atoms with Crippen molar-refractivity contribution in [3.8, 4) is 5.75 Å². The zero-order valence-electron chi connectivity index (χ0n) is 16.0. The number of benzene rings is 2. The molecule has 0 saturated carbocycles. The molecular formula is C21H27BrO6. The van der Waals surface area contributed by atoms with E-state index < -0.39 is 0 Å². The molecule has 0 radical (unpaired) electrons. The fraction of sp³-hybridized carbons (Fsp3) is 0.429. The second kappa shape index (κ2) is 12.9. The SMILES string of the molecule is COc1c(CO)cc(Br)cc1COC[C@@H](OCCOCCO)c1ccccc1. The van der Waals surface area contributed by atoms with Crippen molar-refractivity contribution >= 4 is 15.9 Å². The Balaban J connectivity index is 1.98. The molecule has 0 aliphatic rings. The van der Waals surface area contributed by atoms with E-state index in [1.54, 1.807) is 7.11 Å². The summed E-state index contributed by atoms with van der Waals surface area (Å²) in [6.45, 7) is 1.67. The summed E-state index contributed by atoms with van der Waals surface area (Å²) < 4.78 is 23.4. The Morgan fingerprint density at radius 3 is 2.39 bits per heavy atom. The van der Waals surface area contributed by atoms with Gasteiger partial charge in [-0.2, -0.15) is 0 Å². The number of aliphatic hydroxyl groups excluding tert-OH is 2. The van der Waals surface area contributed by atoms with Crippen LogP contribution in [0.3, 0.4) is 0 Å². The molecule has 0 saturated heterocycles. The van der Waals surface area contributed by atoms with E-state index in [0.29, 0.717) is 44.3 Å². The molecule has 2 rings (SSSR count). The third kappa shape index (κ3) is 7.16. The van der Waals surface area contributed by atoms with Gasteiger partial charge in [-0.1, -0.05) is 46.3 Å². The van der Waals surface area contributed by atoms with Gasteiger partial charge in [0.2, 0.25) is 0 Å². The molecule has 2 aromatic carbocycles. The Hall–Kier alpha value is -1.48. The lowest BCUT2D eigenvalue weighted by atomic mass is 10.1. The Morgan fingerprint density at radius 2 is 1.71 bits per heavy atom. The zero-order valence-corrected chi connectivity index (χ0v) is 17.6. The van der Waals surface area contributed by atoms with E-state index in [0.717, 1.165) is 15.6 Å². The van der Waals surface area contributed by atoms with E-state index in [1.165, 1.54) is 0 Å². The van der Waals surface area contributed by atoms with Crippen molar-refractivity contribution in [2.75, 3.05) is 40.1 Å². The number of aliphatic hydroxyl groups is 2. The molecule has 6 nitrogen and oxygen atoms in total. The zero-order chi connectivity index (χ0) is 20.2. The molecule has 0 spiro atoms. The first-order valence-electron chi connectivity index (χ1n) is 9.08. The van der Waals surface area contributed by atoms with Gasteiger partial charge in [-0.05, 0) is 17.7 Å². The summed E-state index contributed by atoms with van der Waals surface area (Å²) in [4.78, 5) is 0. The van der Waals surface area contributed by atoms with Gasteiger partial charge in [-0.15, -0.1) is 0 Å². The van der Waals surface area contributed by atoms with Gasteiger partial charge >= 0.3 is 0 Å². The number of ether oxygens (including phenoxy) is 4. The highest BCUT2D eigenvalue weighted by molar-refractivity contribution is 9.10. The fourth-order valence-electron chi connectivity index (χ4n) is 2.80. The molecule has 154 valence electrons. The predicted molar refractivity (Wildman–Crippen MR) is 109 cm³/mol. The van der Waals surface area contributed by atoms with Crippen molar-refractivity contribution in [1.29, 1.82) is 0 Å². The number of rotatable bonds is 13. The lowest BCUT2D eigenvalue weighted by molar-refractivity contribution is -0.0461. The topological polar surface area (TPSA) is 77.4 Å². The maximum absolute atomic E-state index is 9.53. The molecule has 2 aromatic rings. The quantitative estimate of drug-likeness (QED) is 0.452. The summed E-state index contributed by atoms with van der Waals surface area (Å²) in [5.41, 5.74) is 2.56. The van der Waals surface area contributed by atoms with E-state index in [2.05, 4.69) is 15.9 Å². The van der Waals surface area contributed by atoms with Gasteiger partial charge in [0, 0.05) is 15.6 Å². The van der Waals surface area contributed by atoms with Crippen molar-refractivity contribution in [2.24, 2.45) is 0 Å². The Morgan fingerprint density at radius 1 is 0.964 bits per heavy atom. The summed E-state index contributed by atoms with van der Waals surface area (Å²) in [5, 5.41) is 18.3. The maximum atomic E-state index is 9.53. The van der Waals surface area contributed by atoms with Crippen LogP contribution in [0.1, 0.15) is 22.8 Å². The number of hydrogen-bond donors (Lipinski definition) is 2. The minimum absolute atomic E-state index is 0.00444. The molecule has 28 heavy (non-hydrogen) atoms. The minimum atomic E-state index is -0.241. The average molecular weight is 455 g/mol. The Labute approximate surface area is 174 Å². The van der Waals surface area contributed by atoms with Crippen LogP contribution in [-0.2, 0) is 27.4 Å². The molecule has 0 heterocycles. The summed E-state index contributed by atoms with van der Waals surface area (Å²) in [6, 6.07) is 13.6. The highest BCUT2D eigenvalue weighted by Crippen LogP contribution is 2.29. The Bertz CT molecular complexity index is 695. The van der Waals surface area contributed by atoms with Crippen LogP contribution in [0, 0.1) is 0 Å². The largest absolute Gasteiger partial charge is 0.496 e. The summed E-state index contributed by atoms with van der Waals surface area (Å²) in [5.74, 6) is 0.625. The van der Waals surface area contributed by atoms with Crippen LogP contribution in [0.15, 0.2) is 46.9 Å². The lowest BCUT2D eigenvalue weighted by Crippen LogP contribution is -2.16.